The number of aromatic nitrogens is 2. The first-order chi connectivity index (χ1) is 14.0. The lowest BCUT2D eigenvalue weighted by molar-refractivity contribution is -0.126. The van der Waals surface area contributed by atoms with Crippen molar-refractivity contribution >= 4 is 22.8 Å². The van der Waals surface area contributed by atoms with Gasteiger partial charge in [0.1, 0.15) is 5.76 Å². The molecule has 0 radical (unpaired) electrons. The van der Waals surface area contributed by atoms with Crippen LogP contribution in [0, 0.1) is 5.92 Å². The number of nitrogens with one attached hydrogen (secondary N) is 2. The Labute approximate surface area is 165 Å². The number of hydrogen-bond acceptors (Lipinski definition) is 4. The maximum Gasteiger partial charge on any atom is 0.295 e. The van der Waals surface area contributed by atoms with Crippen LogP contribution in [-0.2, 0) is 11.3 Å². The molecule has 2 aromatic heterocycles. The molecule has 3 aromatic rings. The number of carbonyl (C=O) groups is 2. The van der Waals surface area contributed by atoms with Crippen molar-refractivity contribution in [1.82, 2.24) is 20.2 Å². The van der Waals surface area contributed by atoms with Crippen molar-refractivity contribution in [2.45, 2.75) is 25.8 Å². The number of benzene rings is 1. The van der Waals surface area contributed by atoms with Crippen molar-refractivity contribution in [2.24, 2.45) is 5.92 Å². The van der Waals surface area contributed by atoms with E-state index in [9.17, 15) is 18.4 Å². The summed E-state index contributed by atoms with van der Waals surface area (Å²) in [5.41, 5.74) is 1.20. The van der Waals surface area contributed by atoms with Gasteiger partial charge in [0.2, 0.25) is 5.91 Å². The number of likely N-dealkylation sites (tertiary alicyclic amines) is 1. The highest BCUT2D eigenvalue weighted by Crippen LogP contribution is 2.23. The van der Waals surface area contributed by atoms with Crippen molar-refractivity contribution in [2.75, 3.05) is 13.1 Å². The van der Waals surface area contributed by atoms with Gasteiger partial charge in [0.25, 0.3) is 12.3 Å². The Balaban J connectivity index is 1.35. The number of nitrogens with zero attached hydrogens (tertiary/aromatic N) is 2. The zero-order valence-corrected chi connectivity index (χ0v) is 15.5. The number of aromatic amines is 1. The third-order valence-corrected chi connectivity index (χ3v) is 5.12. The van der Waals surface area contributed by atoms with Crippen LogP contribution in [0.5, 0.6) is 0 Å². The smallest absolute Gasteiger partial charge is 0.295 e. The van der Waals surface area contributed by atoms with E-state index in [2.05, 4.69) is 15.3 Å². The Hall–Kier alpha value is -3.23. The summed E-state index contributed by atoms with van der Waals surface area (Å²) in [4.78, 5) is 33.1. The van der Waals surface area contributed by atoms with Gasteiger partial charge in [-0.25, -0.2) is 13.8 Å². The summed E-state index contributed by atoms with van der Waals surface area (Å²) in [7, 11) is 0. The SMILES string of the molecule is O=C(NCc1ccco1)C1CCN(C(=O)c2ccc3nc(C(F)F)[nH]c3c2)CC1. The van der Waals surface area contributed by atoms with Crippen LogP contribution in [0.3, 0.4) is 0 Å². The second kappa shape index (κ2) is 8.02. The Morgan fingerprint density at radius 1 is 1.28 bits per heavy atom. The van der Waals surface area contributed by atoms with Crippen LogP contribution in [0.15, 0.2) is 41.0 Å². The average molecular weight is 402 g/mol. The molecular weight excluding hydrogens is 382 g/mol. The quantitative estimate of drug-likeness (QED) is 0.685. The summed E-state index contributed by atoms with van der Waals surface area (Å²) in [6, 6.07) is 8.24. The Kier molecular flexibility index (Phi) is 5.28. The van der Waals surface area contributed by atoms with E-state index in [0.29, 0.717) is 54.8 Å². The molecular formula is C20H20F2N4O3. The Morgan fingerprint density at radius 3 is 2.76 bits per heavy atom. The molecule has 2 amide bonds. The fraction of sp³-hybridized carbons (Fsp3) is 0.350. The van der Waals surface area contributed by atoms with Crippen molar-refractivity contribution in [3.05, 3.63) is 53.7 Å². The zero-order valence-electron chi connectivity index (χ0n) is 15.5. The molecule has 4 rings (SSSR count). The van der Waals surface area contributed by atoms with Gasteiger partial charge in [0.15, 0.2) is 5.82 Å². The highest BCUT2D eigenvalue weighted by molar-refractivity contribution is 5.97. The standard InChI is InChI=1S/C20H20F2N4O3/c21-17(22)18-24-15-4-3-13(10-16(15)25-18)20(28)26-7-5-12(6-8-26)19(27)23-11-14-2-1-9-29-14/h1-4,9-10,12,17H,5-8,11H2,(H,23,27)(H,24,25). The van der Waals surface area contributed by atoms with Gasteiger partial charge >= 0.3 is 0 Å². The van der Waals surface area contributed by atoms with Gasteiger partial charge in [-0.2, -0.15) is 0 Å². The minimum atomic E-state index is -2.69. The number of halogens is 2. The number of rotatable bonds is 5. The number of imidazole rings is 1. The van der Waals surface area contributed by atoms with Crippen molar-refractivity contribution < 1.29 is 22.8 Å². The zero-order chi connectivity index (χ0) is 20.4. The number of fused-ring (bicyclic) bond motifs is 1. The van der Waals surface area contributed by atoms with E-state index in [4.69, 9.17) is 4.42 Å². The van der Waals surface area contributed by atoms with Crippen LogP contribution < -0.4 is 5.32 Å². The second-order valence-corrected chi connectivity index (χ2v) is 7.02. The number of hydrogen-bond donors (Lipinski definition) is 2. The maximum atomic E-state index is 12.8. The monoisotopic (exact) mass is 402 g/mol. The van der Waals surface area contributed by atoms with Gasteiger partial charge in [0.05, 0.1) is 23.8 Å². The third-order valence-electron chi connectivity index (χ3n) is 5.12. The highest BCUT2D eigenvalue weighted by atomic mass is 19.3. The Morgan fingerprint density at radius 2 is 2.07 bits per heavy atom. The molecule has 7 nitrogen and oxygen atoms in total. The maximum absolute atomic E-state index is 12.8. The molecule has 1 saturated heterocycles. The fourth-order valence-corrected chi connectivity index (χ4v) is 3.52. The minimum absolute atomic E-state index is 0.0492. The molecule has 152 valence electrons. The van der Waals surface area contributed by atoms with Crippen LogP contribution in [0.1, 0.15) is 41.2 Å². The molecule has 1 aromatic carbocycles. The van der Waals surface area contributed by atoms with Crippen molar-refractivity contribution in [1.29, 1.82) is 0 Å². The largest absolute Gasteiger partial charge is 0.467 e. The number of H-pyrrole nitrogens is 1. The van der Waals surface area contributed by atoms with Gasteiger partial charge in [-0.05, 0) is 43.2 Å². The first-order valence-corrected chi connectivity index (χ1v) is 9.38. The summed E-state index contributed by atoms with van der Waals surface area (Å²) < 4.78 is 30.8. The topological polar surface area (TPSA) is 91.2 Å². The van der Waals surface area contributed by atoms with Gasteiger partial charge in [-0.15, -0.1) is 0 Å². The van der Waals surface area contributed by atoms with E-state index < -0.39 is 12.2 Å². The number of piperidine rings is 1. The molecule has 1 aliphatic heterocycles. The predicted octanol–water partition coefficient (Wildman–Crippen LogP) is 3.26. The summed E-state index contributed by atoms with van der Waals surface area (Å²) in [5.74, 6) is -0.111. The van der Waals surface area contributed by atoms with E-state index in [1.54, 1.807) is 41.5 Å². The summed E-state index contributed by atoms with van der Waals surface area (Å²) in [6.07, 6.45) is -0.00479. The fourth-order valence-electron chi connectivity index (χ4n) is 3.52. The van der Waals surface area contributed by atoms with Crippen LogP contribution >= 0.6 is 0 Å². The van der Waals surface area contributed by atoms with E-state index >= 15 is 0 Å². The van der Waals surface area contributed by atoms with Crippen molar-refractivity contribution in [3.8, 4) is 0 Å². The van der Waals surface area contributed by atoms with Gasteiger partial charge in [-0.3, -0.25) is 9.59 Å². The van der Waals surface area contributed by atoms with E-state index in [0.717, 1.165) is 0 Å². The normalized spacial score (nSPS) is 15.2. The molecule has 0 atom stereocenters. The second-order valence-electron chi connectivity index (χ2n) is 7.02. The summed E-state index contributed by atoms with van der Waals surface area (Å²) in [6.45, 7) is 1.26. The molecule has 0 bridgehead atoms. The molecule has 0 unspecified atom stereocenters. The Bertz CT molecular complexity index is 1010. The average Bonchev–Trinajstić information content (AvgIpc) is 3.40. The lowest BCUT2D eigenvalue weighted by Gasteiger charge is -2.31. The number of amides is 2. The van der Waals surface area contributed by atoms with E-state index in [1.807, 2.05) is 0 Å². The molecule has 1 fully saturated rings. The van der Waals surface area contributed by atoms with Crippen molar-refractivity contribution in [3.63, 3.8) is 0 Å². The van der Waals surface area contributed by atoms with Gasteiger partial charge < -0.3 is 19.6 Å². The summed E-state index contributed by atoms with van der Waals surface area (Å²) >= 11 is 0. The number of furan rings is 1. The summed E-state index contributed by atoms with van der Waals surface area (Å²) in [5, 5.41) is 2.85. The number of carbonyl (C=O) groups excluding carboxylic acids is 2. The lowest BCUT2D eigenvalue weighted by atomic mass is 9.95. The molecule has 3 heterocycles. The first kappa shape index (κ1) is 19.1. The number of alkyl halides is 2. The lowest BCUT2D eigenvalue weighted by Crippen LogP contribution is -2.42. The molecule has 1 aliphatic rings. The van der Waals surface area contributed by atoms with E-state index in [1.165, 1.54) is 0 Å². The van der Waals surface area contributed by atoms with Crippen LogP contribution in [0.2, 0.25) is 0 Å². The molecule has 2 N–H and O–H groups in total. The molecule has 9 heteroatoms. The van der Waals surface area contributed by atoms with Gasteiger partial charge in [0, 0.05) is 24.6 Å². The third kappa shape index (κ3) is 4.13. The minimum Gasteiger partial charge on any atom is -0.467 e. The molecule has 0 spiro atoms. The highest BCUT2D eigenvalue weighted by Gasteiger charge is 2.28. The van der Waals surface area contributed by atoms with Crippen LogP contribution in [0.4, 0.5) is 8.78 Å². The molecule has 0 aliphatic carbocycles. The predicted molar refractivity (Wildman–Crippen MR) is 100 cm³/mol. The van der Waals surface area contributed by atoms with Gasteiger partial charge in [-0.1, -0.05) is 0 Å². The molecule has 29 heavy (non-hydrogen) atoms. The van der Waals surface area contributed by atoms with E-state index in [-0.39, 0.29) is 17.7 Å². The first-order valence-electron chi connectivity index (χ1n) is 9.38. The van der Waals surface area contributed by atoms with Crippen LogP contribution in [-0.4, -0.2) is 39.8 Å². The van der Waals surface area contributed by atoms with Crippen LogP contribution in [0.25, 0.3) is 11.0 Å². The molecule has 0 saturated carbocycles.